The van der Waals surface area contributed by atoms with Crippen molar-refractivity contribution in [3.05, 3.63) is 180 Å². The third kappa shape index (κ3) is 4.79. The molecule has 0 radical (unpaired) electrons. The van der Waals surface area contributed by atoms with E-state index in [9.17, 15) is 8.22 Å². The number of hydrogen-bond donors (Lipinski definition) is 0. The standard InChI is InChI=1S/C52H38N2S/c1-51(2)43-17-7-5-15-38(43)40-22-19-35(28-45(40)51)32-12-9-11-31(25-32)34-21-24-47-42(27-34)49-50(55-47)48(53-30-54-49)37-14-10-13-33(26-37)36-20-23-41-39-16-6-8-18-44(39)52(3,4)46(41)29-36/h5-30H,1-4H3/i5D,6D,7D,8D,15D,16D,17D,18D,19D,20D,22D,23D,28D,29D. The molecule has 3 heteroatoms. The molecular formula is C52H38N2S. The van der Waals surface area contributed by atoms with Crippen LogP contribution in [0.4, 0.5) is 0 Å². The molecule has 0 fully saturated rings. The summed E-state index contributed by atoms with van der Waals surface area (Å²) in [5.41, 5.74) is 5.15. The molecular weight excluding hydrogens is 685 g/mol. The van der Waals surface area contributed by atoms with Crippen LogP contribution < -0.4 is 0 Å². The van der Waals surface area contributed by atoms with Crippen molar-refractivity contribution in [2.75, 3.05) is 0 Å². The molecule has 2 aliphatic carbocycles. The second-order valence-corrected chi connectivity index (χ2v) is 16.2. The molecule has 0 bridgehead atoms. The number of rotatable bonds is 4. The Labute approximate surface area is 345 Å². The average molecular weight is 737 g/mol. The Balaban J connectivity index is 0.995. The molecule has 2 heterocycles. The molecule has 0 spiro atoms. The summed E-state index contributed by atoms with van der Waals surface area (Å²) in [5, 5.41) is 0.862. The van der Waals surface area contributed by atoms with Crippen LogP contribution in [0.25, 0.3) is 87.2 Å². The molecule has 0 aliphatic heterocycles. The van der Waals surface area contributed by atoms with E-state index in [1.165, 1.54) is 17.7 Å². The van der Waals surface area contributed by atoms with Gasteiger partial charge in [0.05, 0.1) is 35.1 Å². The first-order valence-electron chi connectivity index (χ1n) is 25.0. The van der Waals surface area contributed by atoms with Crippen molar-refractivity contribution >= 4 is 31.6 Å². The fourth-order valence-electron chi connectivity index (χ4n) is 8.24. The quantitative estimate of drug-likeness (QED) is 0.180. The average Bonchev–Trinajstić information content (AvgIpc) is 3.92. The Bertz CT molecular complexity index is 3860. The fourth-order valence-corrected chi connectivity index (χ4v) is 9.39. The van der Waals surface area contributed by atoms with Crippen LogP contribution in [-0.4, -0.2) is 9.97 Å². The first kappa shape index (κ1) is 21.1. The molecule has 7 aromatic carbocycles. The number of aromatic nitrogens is 2. The van der Waals surface area contributed by atoms with E-state index in [0.717, 1.165) is 25.9 Å². The highest BCUT2D eigenvalue weighted by atomic mass is 32.1. The Hall–Kier alpha value is -6.16. The van der Waals surface area contributed by atoms with Crippen molar-refractivity contribution in [3.63, 3.8) is 0 Å². The van der Waals surface area contributed by atoms with Crippen molar-refractivity contribution < 1.29 is 19.2 Å². The Morgan fingerprint density at radius 2 is 1.00 bits per heavy atom. The molecule has 262 valence electrons. The van der Waals surface area contributed by atoms with E-state index in [1.54, 1.807) is 39.8 Å². The van der Waals surface area contributed by atoms with Crippen LogP contribution in [0.3, 0.4) is 0 Å². The summed E-state index contributed by atoms with van der Waals surface area (Å²) < 4.78 is 126. The van der Waals surface area contributed by atoms with Crippen LogP contribution in [0.15, 0.2) is 158 Å². The van der Waals surface area contributed by atoms with Gasteiger partial charge in [0.2, 0.25) is 0 Å². The SMILES string of the molecule is [2H]c1c([2H])c([2H])c2c(c1[2H])-c1c([2H])c([2H])c(-c3cccc(-c4ccc5sc6c(-c7cccc(-c8c([2H])c([2H])c9c(c8[2H])C(C)(C)c8c([2H])c([2H])c([2H])c([2H])c8-9)c7)ncnc6c5c4)c3)c([2H])c1C2(C)C. The van der Waals surface area contributed by atoms with E-state index >= 15 is 0 Å². The summed E-state index contributed by atoms with van der Waals surface area (Å²) in [6.07, 6.45) is 1.49. The zero-order valence-corrected chi connectivity index (χ0v) is 31.0. The molecule has 0 saturated heterocycles. The molecule has 0 unspecified atom stereocenters. The summed E-state index contributed by atoms with van der Waals surface area (Å²) in [4.78, 5) is 9.46. The number of nitrogens with zero attached hydrogens (tertiary/aromatic N) is 2. The minimum absolute atomic E-state index is 0.00497. The van der Waals surface area contributed by atoms with Gasteiger partial charge in [-0.2, -0.15) is 0 Å². The van der Waals surface area contributed by atoms with E-state index in [4.69, 9.17) is 20.9 Å². The number of fused-ring (bicyclic) bond motifs is 9. The van der Waals surface area contributed by atoms with Gasteiger partial charge in [-0.1, -0.05) is 143 Å². The maximum absolute atomic E-state index is 9.55. The monoisotopic (exact) mass is 736 g/mol. The van der Waals surface area contributed by atoms with Gasteiger partial charge >= 0.3 is 0 Å². The van der Waals surface area contributed by atoms with Crippen molar-refractivity contribution in [1.82, 2.24) is 9.97 Å². The molecule has 55 heavy (non-hydrogen) atoms. The third-order valence-corrected chi connectivity index (χ3v) is 12.3. The van der Waals surface area contributed by atoms with Crippen LogP contribution in [0.1, 0.15) is 69.1 Å². The molecule has 0 atom stereocenters. The van der Waals surface area contributed by atoms with Crippen molar-refractivity contribution in [3.8, 4) is 66.9 Å². The molecule has 0 saturated carbocycles. The van der Waals surface area contributed by atoms with Gasteiger partial charge in [0.1, 0.15) is 6.33 Å². The molecule has 2 aliphatic rings. The smallest absolute Gasteiger partial charge is 0.116 e. The summed E-state index contributed by atoms with van der Waals surface area (Å²) in [6.45, 7) is 7.18. The Morgan fingerprint density at radius 1 is 0.491 bits per heavy atom. The maximum Gasteiger partial charge on any atom is 0.116 e. The zero-order valence-electron chi connectivity index (χ0n) is 44.2. The Kier molecular flexibility index (Phi) is 4.47. The normalized spacial score (nSPS) is 18.0. The van der Waals surface area contributed by atoms with Gasteiger partial charge < -0.3 is 0 Å². The molecule has 11 rings (SSSR count). The number of hydrogen-bond acceptors (Lipinski definition) is 3. The van der Waals surface area contributed by atoms with Crippen LogP contribution in [0.2, 0.25) is 0 Å². The van der Waals surface area contributed by atoms with Gasteiger partial charge in [-0.15, -0.1) is 11.3 Å². The molecule has 2 nitrogen and oxygen atoms in total. The second kappa shape index (κ2) is 11.7. The predicted molar refractivity (Wildman–Crippen MR) is 232 cm³/mol. The minimum Gasteiger partial charge on any atom is -0.235 e. The lowest BCUT2D eigenvalue weighted by atomic mass is 9.81. The predicted octanol–water partition coefficient (Wildman–Crippen LogP) is 14.1. The molecule has 0 amide bonds. The highest BCUT2D eigenvalue weighted by molar-refractivity contribution is 7.26. The van der Waals surface area contributed by atoms with Crippen molar-refractivity contribution in [2.45, 2.75) is 38.5 Å². The van der Waals surface area contributed by atoms with E-state index in [0.29, 0.717) is 50.2 Å². The largest absolute Gasteiger partial charge is 0.235 e. The number of benzene rings is 7. The second-order valence-electron chi connectivity index (χ2n) is 15.1. The lowest BCUT2D eigenvalue weighted by molar-refractivity contribution is 0.660. The maximum atomic E-state index is 9.55. The topological polar surface area (TPSA) is 25.8 Å². The van der Waals surface area contributed by atoms with Gasteiger partial charge in [-0.3, -0.25) is 0 Å². The first-order chi connectivity index (χ1) is 32.6. The Morgan fingerprint density at radius 3 is 1.62 bits per heavy atom. The van der Waals surface area contributed by atoms with E-state index in [1.807, 2.05) is 54.6 Å². The van der Waals surface area contributed by atoms with Gasteiger partial charge in [-0.05, 0) is 114 Å². The minimum atomic E-state index is -1.06. The number of thiophene rings is 1. The van der Waals surface area contributed by atoms with Crippen LogP contribution in [-0.2, 0) is 10.8 Å². The van der Waals surface area contributed by atoms with Gasteiger partial charge in [0, 0.05) is 26.5 Å². The van der Waals surface area contributed by atoms with Crippen LogP contribution in [0.5, 0.6) is 0 Å². The molecule has 2 aromatic heterocycles. The van der Waals surface area contributed by atoms with Crippen LogP contribution >= 0.6 is 11.3 Å². The highest BCUT2D eigenvalue weighted by Crippen LogP contribution is 2.51. The van der Waals surface area contributed by atoms with E-state index in [2.05, 4.69) is 0 Å². The van der Waals surface area contributed by atoms with Crippen molar-refractivity contribution in [1.29, 1.82) is 0 Å². The zero-order chi connectivity index (χ0) is 49.2. The summed E-state index contributed by atoms with van der Waals surface area (Å²) in [6, 6.07) is 17.3. The lowest BCUT2D eigenvalue weighted by Crippen LogP contribution is -2.14. The lowest BCUT2D eigenvalue weighted by Gasteiger charge is -2.22. The third-order valence-electron chi connectivity index (χ3n) is 11.2. The summed E-state index contributed by atoms with van der Waals surface area (Å²) in [5.74, 6) is 0. The summed E-state index contributed by atoms with van der Waals surface area (Å²) >= 11 is 1.51. The van der Waals surface area contributed by atoms with E-state index < -0.39 is 22.9 Å². The summed E-state index contributed by atoms with van der Waals surface area (Å²) in [7, 11) is 0. The van der Waals surface area contributed by atoms with Gasteiger partial charge in [0.25, 0.3) is 0 Å². The van der Waals surface area contributed by atoms with Crippen molar-refractivity contribution in [2.24, 2.45) is 0 Å². The fraction of sp³-hybridized carbons (Fsp3) is 0.115. The van der Waals surface area contributed by atoms with Gasteiger partial charge in [0.15, 0.2) is 0 Å². The first-order valence-corrected chi connectivity index (χ1v) is 18.8. The van der Waals surface area contributed by atoms with E-state index in [-0.39, 0.29) is 106 Å². The highest BCUT2D eigenvalue weighted by Gasteiger charge is 2.36. The van der Waals surface area contributed by atoms with Crippen LogP contribution in [0, 0.1) is 0 Å². The molecule has 0 N–H and O–H groups in total. The molecule has 9 aromatic rings. The van der Waals surface area contributed by atoms with Gasteiger partial charge in [-0.25, -0.2) is 9.97 Å².